The molecule has 0 bridgehead atoms. The van der Waals surface area contributed by atoms with E-state index in [1.807, 2.05) is 0 Å². The minimum atomic E-state index is -0.763. The van der Waals surface area contributed by atoms with Crippen LogP contribution in [-0.4, -0.2) is 37.2 Å². The van der Waals surface area contributed by atoms with Gasteiger partial charge in [-0.05, 0) is 51.4 Å². The quantitative estimate of drug-likeness (QED) is 0.0261. The second-order valence-electron chi connectivity index (χ2n) is 23.8. The average Bonchev–Trinajstić information content (AvgIpc) is 3.43. The number of rotatable bonds is 65. The molecule has 0 aliphatic heterocycles. The van der Waals surface area contributed by atoms with Crippen molar-refractivity contribution in [2.45, 2.75) is 399 Å². The van der Waals surface area contributed by atoms with Crippen LogP contribution in [0.1, 0.15) is 393 Å². The van der Waals surface area contributed by atoms with E-state index in [0.717, 1.165) is 64.2 Å². The molecule has 0 aromatic heterocycles. The highest BCUT2D eigenvalue weighted by atomic mass is 16.6. The van der Waals surface area contributed by atoms with Crippen LogP contribution in [0.3, 0.4) is 0 Å². The van der Waals surface area contributed by atoms with Gasteiger partial charge in [-0.3, -0.25) is 14.4 Å². The maximum absolute atomic E-state index is 12.9. The van der Waals surface area contributed by atoms with Gasteiger partial charge in [0, 0.05) is 19.3 Å². The molecule has 0 aliphatic rings. The molecule has 0 aromatic carbocycles. The maximum Gasteiger partial charge on any atom is 0.306 e. The largest absolute Gasteiger partial charge is 0.462 e. The van der Waals surface area contributed by atoms with Crippen molar-refractivity contribution in [3.8, 4) is 0 Å². The fourth-order valence-corrected chi connectivity index (χ4v) is 10.7. The summed E-state index contributed by atoms with van der Waals surface area (Å²) in [6, 6.07) is 0. The highest BCUT2D eigenvalue weighted by Crippen LogP contribution is 2.19. The van der Waals surface area contributed by atoms with Gasteiger partial charge < -0.3 is 14.2 Å². The molecule has 0 N–H and O–H groups in total. The zero-order valence-electron chi connectivity index (χ0n) is 52.3. The van der Waals surface area contributed by atoms with Crippen molar-refractivity contribution in [1.82, 2.24) is 0 Å². The Morgan fingerprint density at radius 1 is 0.260 bits per heavy atom. The van der Waals surface area contributed by atoms with Crippen molar-refractivity contribution in [1.29, 1.82) is 0 Å². The van der Waals surface area contributed by atoms with Crippen molar-refractivity contribution in [3.05, 3.63) is 24.3 Å². The average molecular weight is 1080 g/mol. The predicted octanol–water partition coefficient (Wildman–Crippen LogP) is 23.8. The van der Waals surface area contributed by atoms with Crippen LogP contribution in [0.15, 0.2) is 24.3 Å². The molecule has 77 heavy (non-hydrogen) atoms. The third kappa shape index (κ3) is 64.6. The standard InChI is InChI=1S/C71H134O6/c1-4-7-10-13-16-18-20-22-24-26-28-29-30-31-32-33-34-35-36-37-38-39-40-41-43-44-46-48-50-52-55-58-61-64-70(73)76-67-68(66-75-69(72)63-60-57-54-15-12-9-6-3)77-71(74)65-62-59-56-53-51-49-47-45-42-27-25-23-21-19-17-14-11-8-5-2/h20,22,26,28,68H,4-19,21,23-25,27,29-67H2,1-3H3/b22-20-,28-26-. The maximum atomic E-state index is 12.9. The number of carbonyl (C=O) groups excluding carboxylic acids is 3. The van der Waals surface area contributed by atoms with Gasteiger partial charge in [0.25, 0.3) is 0 Å². The van der Waals surface area contributed by atoms with Crippen molar-refractivity contribution >= 4 is 17.9 Å². The molecule has 1 atom stereocenters. The Bertz CT molecular complexity index is 1240. The SMILES string of the molecule is CCCCCCC/C=C\C/C=C\CCCCCCCCCCCCCCCCCCCCCCCC(=O)OCC(COC(=O)CCCCCCCCC)OC(=O)CCCCCCCCCCCCCCCCCCCCC. The molecule has 0 saturated carbocycles. The van der Waals surface area contributed by atoms with E-state index in [0.29, 0.717) is 19.3 Å². The van der Waals surface area contributed by atoms with E-state index in [1.54, 1.807) is 0 Å². The van der Waals surface area contributed by atoms with Gasteiger partial charge in [0.1, 0.15) is 13.2 Å². The summed E-state index contributed by atoms with van der Waals surface area (Å²) in [6.07, 6.45) is 81.0. The molecule has 0 spiro atoms. The van der Waals surface area contributed by atoms with Gasteiger partial charge in [0.2, 0.25) is 0 Å². The molecule has 0 fully saturated rings. The summed E-state index contributed by atoms with van der Waals surface area (Å²) in [5.74, 6) is -0.841. The zero-order chi connectivity index (χ0) is 55.7. The topological polar surface area (TPSA) is 78.9 Å². The summed E-state index contributed by atoms with van der Waals surface area (Å²) < 4.78 is 16.9. The third-order valence-corrected chi connectivity index (χ3v) is 16.0. The van der Waals surface area contributed by atoms with Gasteiger partial charge in [0.15, 0.2) is 6.10 Å². The molecule has 0 radical (unpaired) electrons. The summed E-state index contributed by atoms with van der Waals surface area (Å²) in [5.41, 5.74) is 0. The molecule has 0 amide bonds. The van der Waals surface area contributed by atoms with Crippen molar-refractivity contribution in [2.75, 3.05) is 13.2 Å². The molecule has 1 unspecified atom stereocenters. The fourth-order valence-electron chi connectivity index (χ4n) is 10.7. The van der Waals surface area contributed by atoms with Gasteiger partial charge in [-0.1, -0.05) is 347 Å². The number of hydrogen-bond acceptors (Lipinski definition) is 6. The predicted molar refractivity (Wildman–Crippen MR) is 335 cm³/mol. The Hall–Kier alpha value is -2.11. The van der Waals surface area contributed by atoms with Crippen molar-refractivity contribution in [2.24, 2.45) is 0 Å². The normalized spacial score (nSPS) is 12.1. The Morgan fingerprint density at radius 3 is 0.714 bits per heavy atom. The van der Waals surface area contributed by atoms with Crippen molar-refractivity contribution < 1.29 is 28.6 Å². The molecule has 0 heterocycles. The van der Waals surface area contributed by atoms with E-state index in [1.165, 1.54) is 289 Å². The molecule has 0 rings (SSSR count). The molecule has 0 aliphatic carbocycles. The number of esters is 3. The summed E-state index contributed by atoms with van der Waals surface area (Å²) >= 11 is 0. The molecule has 6 nitrogen and oxygen atoms in total. The molecular formula is C71H134O6. The van der Waals surface area contributed by atoms with Crippen LogP contribution in [0.4, 0.5) is 0 Å². The lowest BCUT2D eigenvalue weighted by Crippen LogP contribution is -2.30. The number of carbonyl (C=O) groups is 3. The molecular weight excluding hydrogens is 949 g/mol. The molecule has 0 aromatic rings. The van der Waals surface area contributed by atoms with Gasteiger partial charge in [-0.2, -0.15) is 0 Å². The van der Waals surface area contributed by atoms with Gasteiger partial charge >= 0.3 is 17.9 Å². The van der Waals surface area contributed by atoms with E-state index in [-0.39, 0.29) is 31.1 Å². The molecule has 6 heteroatoms. The van der Waals surface area contributed by atoms with E-state index in [9.17, 15) is 14.4 Å². The number of allylic oxidation sites excluding steroid dienone is 4. The number of hydrogen-bond donors (Lipinski definition) is 0. The Labute approximate surface area is 481 Å². The highest BCUT2D eigenvalue weighted by molar-refractivity contribution is 5.71. The van der Waals surface area contributed by atoms with Crippen LogP contribution in [0.5, 0.6) is 0 Å². The van der Waals surface area contributed by atoms with Crippen LogP contribution in [0, 0.1) is 0 Å². The van der Waals surface area contributed by atoms with Crippen LogP contribution < -0.4 is 0 Å². The Kier molecular flexibility index (Phi) is 64.6. The van der Waals surface area contributed by atoms with Crippen molar-refractivity contribution in [3.63, 3.8) is 0 Å². The third-order valence-electron chi connectivity index (χ3n) is 16.0. The lowest BCUT2D eigenvalue weighted by atomic mass is 10.0. The van der Waals surface area contributed by atoms with E-state index < -0.39 is 6.10 Å². The second kappa shape index (κ2) is 66.4. The smallest absolute Gasteiger partial charge is 0.306 e. The minimum absolute atomic E-state index is 0.0638. The highest BCUT2D eigenvalue weighted by Gasteiger charge is 2.19. The summed E-state index contributed by atoms with van der Waals surface area (Å²) in [4.78, 5) is 38.1. The summed E-state index contributed by atoms with van der Waals surface area (Å²) in [7, 11) is 0. The van der Waals surface area contributed by atoms with Crippen LogP contribution >= 0.6 is 0 Å². The van der Waals surface area contributed by atoms with E-state index in [2.05, 4.69) is 45.1 Å². The van der Waals surface area contributed by atoms with Gasteiger partial charge in [-0.15, -0.1) is 0 Å². The monoisotopic (exact) mass is 1080 g/mol. The Morgan fingerprint density at radius 2 is 0.468 bits per heavy atom. The molecule has 454 valence electrons. The lowest BCUT2D eigenvalue weighted by molar-refractivity contribution is -0.167. The fraction of sp³-hybridized carbons (Fsp3) is 0.901. The first-order chi connectivity index (χ1) is 38.0. The summed E-state index contributed by atoms with van der Waals surface area (Å²) in [6.45, 7) is 6.66. The first-order valence-corrected chi connectivity index (χ1v) is 34.8. The molecule has 0 saturated heterocycles. The van der Waals surface area contributed by atoms with Crippen LogP contribution in [-0.2, 0) is 28.6 Å². The number of unbranched alkanes of at least 4 members (excludes halogenated alkanes) is 50. The van der Waals surface area contributed by atoms with Crippen LogP contribution in [0.25, 0.3) is 0 Å². The van der Waals surface area contributed by atoms with E-state index >= 15 is 0 Å². The van der Waals surface area contributed by atoms with Crippen LogP contribution in [0.2, 0.25) is 0 Å². The Balaban J connectivity index is 3.95. The first kappa shape index (κ1) is 74.9. The lowest BCUT2D eigenvalue weighted by Gasteiger charge is -2.18. The van der Waals surface area contributed by atoms with Gasteiger partial charge in [0.05, 0.1) is 0 Å². The number of ether oxygens (including phenoxy) is 3. The first-order valence-electron chi connectivity index (χ1n) is 34.8. The summed E-state index contributed by atoms with van der Waals surface area (Å²) in [5, 5.41) is 0. The zero-order valence-corrected chi connectivity index (χ0v) is 52.3. The minimum Gasteiger partial charge on any atom is -0.462 e. The van der Waals surface area contributed by atoms with Gasteiger partial charge in [-0.25, -0.2) is 0 Å². The van der Waals surface area contributed by atoms with E-state index in [4.69, 9.17) is 14.2 Å². The second-order valence-corrected chi connectivity index (χ2v) is 23.8.